The molecule has 1 atom stereocenters. The molecule has 0 saturated heterocycles. The minimum absolute atomic E-state index is 0.0620. The Labute approximate surface area is 112 Å². The van der Waals surface area contributed by atoms with Crippen molar-refractivity contribution in [3.8, 4) is 0 Å². The average Bonchev–Trinajstić information content (AvgIpc) is 2.70. The van der Waals surface area contributed by atoms with Gasteiger partial charge in [-0.05, 0) is 29.1 Å². The van der Waals surface area contributed by atoms with E-state index < -0.39 is 11.9 Å². The van der Waals surface area contributed by atoms with Crippen molar-refractivity contribution in [3.63, 3.8) is 0 Å². The van der Waals surface area contributed by atoms with E-state index in [1.165, 1.54) is 23.5 Å². The van der Waals surface area contributed by atoms with E-state index >= 15 is 0 Å². The molecule has 1 aromatic heterocycles. The summed E-state index contributed by atoms with van der Waals surface area (Å²) in [5, 5.41) is 12.4. The Morgan fingerprint density at radius 3 is 2.59 bits per heavy atom. The third-order valence-electron chi connectivity index (χ3n) is 2.36. The molecule has 0 aliphatic rings. The van der Waals surface area contributed by atoms with E-state index in [2.05, 4.69) is 0 Å². The van der Waals surface area contributed by atoms with Crippen LogP contribution in [0.1, 0.15) is 16.5 Å². The molecule has 0 aliphatic heterocycles. The normalized spacial score (nSPS) is 12.7. The Hall–Kier alpha value is -0.610. The highest BCUT2D eigenvalue weighted by Gasteiger charge is 2.14. The molecule has 1 N–H and O–H groups in total. The van der Waals surface area contributed by atoms with Crippen LogP contribution in [-0.4, -0.2) is 5.11 Å². The predicted octanol–water partition coefficient (Wildman–Crippen LogP) is 4.47. The van der Waals surface area contributed by atoms with Crippen molar-refractivity contribution in [2.24, 2.45) is 0 Å². The maximum Gasteiger partial charge on any atom is 0.141 e. The predicted molar refractivity (Wildman–Crippen MR) is 69.4 cm³/mol. The first-order chi connectivity index (χ1) is 8.08. The molecule has 0 radical (unpaired) electrons. The van der Waals surface area contributed by atoms with E-state index in [-0.39, 0.29) is 5.02 Å². The standard InChI is InChI=1S/C12H9Cl2FOS/c13-8-3-4-17-12(8)11(16)6-7-1-2-10(15)9(14)5-7/h1-5,11,16H,6H2. The number of rotatable bonds is 3. The van der Waals surface area contributed by atoms with Crippen molar-refractivity contribution >= 4 is 34.5 Å². The van der Waals surface area contributed by atoms with Crippen molar-refractivity contribution < 1.29 is 9.50 Å². The third-order valence-corrected chi connectivity index (χ3v) is 4.11. The molecule has 0 aliphatic carbocycles. The van der Waals surface area contributed by atoms with Gasteiger partial charge in [0, 0.05) is 6.42 Å². The quantitative estimate of drug-likeness (QED) is 0.884. The van der Waals surface area contributed by atoms with Crippen LogP contribution in [0, 0.1) is 5.82 Å². The minimum atomic E-state index is -0.691. The topological polar surface area (TPSA) is 20.2 Å². The van der Waals surface area contributed by atoms with Crippen LogP contribution in [0.4, 0.5) is 4.39 Å². The smallest absolute Gasteiger partial charge is 0.141 e. The van der Waals surface area contributed by atoms with Crippen LogP contribution in [0.25, 0.3) is 0 Å². The van der Waals surface area contributed by atoms with Gasteiger partial charge in [-0.3, -0.25) is 0 Å². The van der Waals surface area contributed by atoms with E-state index in [0.717, 1.165) is 5.56 Å². The molecular formula is C12H9Cl2FOS. The molecule has 1 unspecified atom stereocenters. The van der Waals surface area contributed by atoms with Gasteiger partial charge in [0.15, 0.2) is 0 Å². The van der Waals surface area contributed by atoms with Gasteiger partial charge in [-0.15, -0.1) is 11.3 Å². The van der Waals surface area contributed by atoms with Crippen LogP contribution in [0.2, 0.25) is 10.0 Å². The first-order valence-corrected chi connectivity index (χ1v) is 6.56. The molecule has 1 aromatic carbocycles. The van der Waals surface area contributed by atoms with E-state index in [9.17, 15) is 9.50 Å². The van der Waals surface area contributed by atoms with Crippen LogP contribution >= 0.6 is 34.5 Å². The fourth-order valence-electron chi connectivity index (χ4n) is 1.53. The summed E-state index contributed by atoms with van der Waals surface area (Å²) in [7, 11) is 0. The average molecular weight is 291 g/mol. The lowest BCUT2D eigenvalue weighted by Crippen LogP contribution is -2.00. The number of hydrogen-bond donors (Lipinski definition) is 1. The first kappa shape index (κ1) is 12.8. The molecule has 5 heteroatoms. The highest BCUT2D eigenvalue weighted by molar-refractivity contribution is 7.10. The van der Waals surface area contributed by atoms with Crippen LogP contribution in [0.15, 0.2) is 29.6 Å². The SMILES string of the molecule is OC(Cc1ccc(F)c(Cl)c1)c1sccc1Cl. The summed E-state index contributed by atoms with van der Waals surface area (Å²) in [6, 6.07) is 6.15. The number of aliphatic hydroxyl groups is 1. The summed E-state index contributed by atoms with van der Waals surface area (Å²) < 4.78 is 13.0. The molecule has 17 heavy (non-hydrogen) atoms. The minimum Gasteiger partial charge on any atom is -0.387 e. The van der Waals surface area contributed by atoms with E-state index in [4.69, 9.17) is 23.2 Å². The monoisotopic (exact) mass is 290 g/mol. The second-order valence-electron chi connectivity index (χ2n) is 3.60. The molecule has 0 fully saturated rings. The van der Waals surface area contributed by atoms with Gasteiger partial charge in [-0.2, -0.15) is 0 Å². The van der Waals surface area contributed by atoms with E-state index in [1.54, 1.807) is 12.1 Å². The fraction of sp³-hybridized carbons (Fsp3) is 0.167. The van der Waals surface area contributed by atoms with Crippen LogP contribution in [-0.2, 0) is 6.42 Å². The zero-order chi connectivity index (χ0) is 12.4. The number of aliphatic hydroxyl groups excluding tert-OH is 1. The van der Waals surface area contributed by atoms with Crippen LogP contribution in [0.5, 0.6) is 0 Å². The molecule has 0 spiro atoms. The van der Waals surface area contributed by atoms with Crippen molar-refractivity contribution in [2.75, 3.05) is 0 Å². The zero-order valence-electron chi connectivity index (χ0n) is 8.66. The van der Waals surface area contributed by atoms with Gasteiger partial charge >= 0.3 is 0 Å². The Morgan fingerprint density at radius 2 is 2.00 bits per heavy atom. The van der Waals surface area contributed by atoms with Gasteiger partial charge in [-0.1, -0.05) is 29.3 Å². The van der Waals surface area contributed by atoms with Gasteiger partial charge in [0.25, 0.3) is 0 Å². The summed E-state index contributed by atoms with van der Waals surface area (Å²) in [4.78, 5) is 0.715. The van der Waals surface area contributed by atoms with E-state index in [0.29, 0.717) is 16.3 Å². The summed E-state index contributed by atoms with van der Waals surface area (Å²) in [5.41, 5.74) is 0.772. The Morgan fingerprint density at radius 1 is 1.24 bits per heavy atom. The maximum absolute atomic E-state index is 13.0. The van der Waals surface area contributed by atoms with Gasteiger partial charge in [-0.25, -0.2) is 4.39 Å². The summed E-state index contributed by atoms with van der Waals surface area (Å²) >= 11 is 13.0. The highest BCUT2D eigenvalue weighted by Crippen LogP contribution is 2.31. The van der Waals surface area contributed by atoms with Crippen molar-refractivity contribution in [3.05, 3.63) is 55.9 Å². The summed E-state index contributed by atoms with van der Waals surface area (Å²) in [6.07, 6.45) is -0.329. The maximum atomic E-state index is 13.0. The molecular weight excluding hydrogens is 282 g/mol. The summed E-state index contributed by atoms with van der Waals surface area (Å²) in [5.74, 6) is -0.459. The van der Waals surface area contributed by atoms with Gasteiger partial charge in [0.2, 0.25) is 0 Å². The van der Waals surface area contributed by atoms with E-state index in [1.807, 2.05) is 5.38 Å². The molecule has 0 amide bonds. The first-order valence-electron chi connectivity index (χ1n) is 4.93. The molecule has 2 aromatic rings. The molecule has 2 rings (SSSR count). The molecule has 1 heterocycles. The lowest BCUT2D eigenvalue weighted by atomic mass is 10.1. The second-order valence-corrected chi connectivity index (χ2v) is 5.36. The zero-order valence-corrected chi connectivity index (χ0v) is 11.0. The number of thiophene rings is 1. The molecule has 90 valence electrons. The number of halogens is 3. The van der Waals surface area contributed by atoms with Crippen LogP contribution in [0.3, 0.4) is 0 Å². The molecule has 0 saturated carbocycles. The fourth-order valence-corrected chi connectivity index (χ4v) is 2.90. The largest absolute Gasteiger partial charge is 0.387 e. The van der Waals surface area contributed by atoms with Gasteiger partial charge < -0.3 is 5.11 Å². The number of hydrogen-bond acceptors (Lipinski definition) is 2. The highest BCUT2D eigenvalue weighted by atomic mass is 35.5. The number of benzene rings is 1. The van der Waals surface area contributed by atoms with Crippen molar-refractivity contribution in [1.82, 2.24) is 0 Å². The Balaban J connectivity index is 2.16. The third kappa shape index (κ3) is 2.99. The van der Waals surface area contributed by atoms with Gasteiger partial charge in [0.1, 0.15) is 5.82 Å². The van der Waals surface area contributed by atoms with Crippen molar-refractivity contribution in [1.29, 1.82) is 0 Å². The van der Waals surface area contributed by atoms with Crippen molar-refractivity contribution in [2.45, 2.75) is 12.5 Å². The molecule has 0 bridgehead atoms. The lowest BCUT2D eigenvalue weighted by molar-refractivity contribution is 0.182. The summed E-state index contributed by atoms with van der Waals surface area (Å²) in [6.45, 7) is 0. The van der Waals surface area contributed by atoms with Crippen LogP contribution < -0.4 is 0 Å². The Kier molecular flexibility index (Phi) is 4.05. The molecule has 1 nitrogen and oxygen atoms in total. The van der Waals surface area contributed by atoms with Gasteiger partial charge in [0.05, 0.1) is 21.0 Å². The Bertz CT molecular complexity index is 527. The second kappa shape index (κ2) is 5.36. The lowest BCUT2D eigenvalue weighted by Gasteiger charge is -2.09.